The first-order valence-electron chi connectivity index (χ1n) is 6.99. The van der Waals surface area contributed by atoms with Crippen LogP contribution in [-0.4, -0.2) is 27.4 Å². The standard InChI is InChI=1S/C16H27NO2/c1-6-17-15(10-13(3)11-18-4)14-9-12(2)7-8-16(14)19-5/h7-9,13,15,17H,6,10-11H2,1-5H3. The predicted octanol–water partition coefficient (Wildman–Crippen LogP) is 3.33. The molecule has 0 amide bonds. The molecule has 2 atom stereocenters. The van der Waals surface area contributed by atoms with Crippen LogP contribution in [0.4, 0.5) is 0 Å². The summed E-state index contributed by atoms with van der Waals surface area (Å²) >= 11 is 0. The Morgan fingerprint density at radius 3 is 2.58 bits per heavy atom. The number of hydrogen-bond acceptors (Lipinski definition) is 3. The van der Waals surface area contributed by atoms with Crippen molar-refractivity contribution < 1.29 is 9.47 Å². The van der Waals surface area contributed by atoms with Gasteiger partial charge >= 0.3 is 0 Å². The third-order valence-corrected chi connectivity index (χ3v) is 3.30. The number of benzene rings is 1. The Morgan fingerprint density at radius 1 is 1.26 bits per heavy atom. The van der Waals surface area contributed by atoms with E-state index in [1.807, 2.05) is 0 Å². The van der Waals surface area contributed by atoms with Crippen LogP contribution in [0.1, 0.15) is 37.4 Å². The zero-order chi connectivity index (χ0) is 14.3. The van der Waals surface area contributed by atoms with Gasteiger partial charge in [-0.1, -0.05) is 31.5 Å². The Kier molecular flexibility index (Phi) is 6.89. The molecule has 0 fully saturated rings. The van der Waals surface area contributed by atoms with Crippen LogP contribution in [0, 0.1) is 12.8 Å². The van der Waals surface area contributed by atoms with Gasteiger partial charge in [-0.2, -0.15) is 0 Å². The van der Waals surface area contributed by atoms with E-state index in [0.717, 1.165) is 25.3 Å². The second-order valence-corrected chi connectivity index (χ2v) is 5.15. The van der Waals surface area contributed by atoms with Crippen LogP contribution in [0.25, 0.3) is 0 Å². The van der Waals surface area contributed by atoms with E-state index in [0.29, 0.717) is 12.0 Å². The average Bonchev–Trinajstić information content (AvgIpc) is 2.38. The number of hydrogen-bond donors (Lipinski definition) is 1. The van der Waals surface area contributed by atoms with Gasteiger partial charge < -0.3 is 14.8 Å². The Balaban J connectivity index is 2.93. The van der Waals surface area contributed by atoms with Crippen LogP contribution in [-0.2, 0) is 4.74 Å². The smallest absolute Gasteiger partial charge is 0.123 e. The van der Waals surface area contributed by atoms with Crippen molar-refractivity contribution in [3.63, 3.8) is 0 Å². The molecule has 3 heteroatoms. The minimum absolute atomic E-state index is 0.310. The van der Waals surface area contributed by atoms with Gasteiger partial charge in [-0.25, -0.2) is 0 Å². The maximum atomic E-state index is 5.50. The highest BCUT2D eigenvalue weighted by molar-refractivity contribution is 5.39. The van der Waals surface area contributed by atoms with Crippen molar-refractivity contribution in [3.8, 4) is 5.75 Å². The van der Waals surface area contributed by atoms with Crippen LogP contribution >= 0.6 is 0 Å². The van der Waals surface area contributed by atoms with E-state index in [-0.39, 0.29) is 0 Å². The summed E-state index contributed by atoms with van der Waals surface area (Å²) in [4.78, 5) is 0. The molecule has 0 aliphatic heterocycles. The molecule has 0 saturated carbocycles. The molecule has 0 bridgehead atoms. The van der Waals surface area contributed by atoms with Crippen molar-refractivity contribution >= 4 is 0 Å². The number of ether oxygens (including phenoxy) is 2. The quantitative estimate of drug-likeness (QED) is 0.782. The summed E-state index contributed by atoms with van der Waals surface area (Å²) in [5.41, 5.74) is 2.51. The summed E-state index contributed by atoms with van der Waals surface area (Å²) in [6.07, 6.45) is 1.04. The SMILES string of the molecule is CCNC(CC(C)COC)c1cc(C)ccc1OC. The predicted molar refractivity (Wildman–Crippen MR) is 79.8 cm³/mol. The molecule has 0 radical (unpaired) electrons. The number of nitrogens with one attached hydrogen (secondary N) is 1. The van der Waals surface area contributed by atoms with E-state index in [1.165, 1.54) is 11.1 Å². The fourth-order valence-corrected chi connectivity index (χ4v) is 2.45. The van der Waals surface area contributed by atoms with Gasteiger partial charge in [-0.3, -0.25) is 0 Å². The van der Waals surface area contributed by atoms with Crippen LogP contribution < -0.4 is 10.1 Å². The molecule has 1 aromatic rings. The molecule has 1 N–H and O–H groups in total. The molecule has 1 aromatic carbocycles. The first-order valence-corrected chi connectivity index (χ1v) is 6.99. The van der Waals surface area contributed by atoms with Gasteiger partial charge in [0.25, 0.3) is 0 Å². The molecule has 1 rings (SSSR count). The lowest BCUT2D eigenvalue weighted by Crippen LogP contribution is -2.24. The molecule has 3 nitrogen and oxygen atoms in total. The van der Waals surface area contributed by atoms with Gasteiger partial charge in [0, 0.05) is 25.3 Å². The van der Waals surface area contributed by atoms with E-state index in [2.05, 4.69) is 44.3 Å². The maximum absolute atomic E-state index is 5.50. The minimum atomic E-state index is 0.310. The normalized spacial score (nSPS) is 14.2. The summed E-state index contributed by atoms with van der Waals surface area (Å²) in [7, 11) is 3.49. The van der Waals surface area contributed by atoms with Crippen LogP contribution in [0.3, 0.4) is 0 Å². The highest BCUT2D eigenvalue weighted by atomic mass is 16.5. The summed E-state index contributed by atoms with van der Waals surface area (Å²) in [6.45, 7) is 8.20. The Bertz CT molecular complexity index is 379. The lowest BCUT2D eigenvalue weighted by molar-refractivity contribution is 0.149. The zero-order valence-corrected chi connectivity index (χ0v) is 12.8. The lowest BCUT2D eigenvalue weighted by Gasteiger charge is -2.24. The van der Waals surface area contributed by atoms with Gasteiger partial charge in [0.05, 0.1) is 7.11 Å². The maximum Gasteiger partial charge on any atom is 0.123 e. The van der Waals surface area contributed by atoms with E-state index in [4.69, 9.17) is 9.47 Å². The monoisotopic (exact) mass is 265 g/mol. The van der Waals surface area contributed by atoms with Gasteiger partial charge in [0.2, 0.25) is 0 Å². The van der Waals surface area contributed by atoms with Crippen molar-refractivity contribution in [2.75, 3.05) is 27.4 Å². The summed E-state index contributed by atoms with van der Waals surface area (Å²) in [5.74, 6) is 1.47. The van der Waals surface area contributed by atoms with Crippen molar-refractivity contribution in [1.82, 2.24) is 5.32 Å². The van der Waals surface area contributed by atoms with Crippen molar-refractivity contribution in [2.24, 2.45) is 5.92 Å². The van der Waals surface area contributed by atoms with E-state index < -0.39 is 0 Å². The molecule has 0 heterocycles. The number of methoxy groups -OCH3 is 2. The highest BCUT2D eigenvalue weighted by Crippen LogP contribution is 2.30. The molecule has 0 aromatic heterocycles. The second kappa shape index (κ2) is 8.18. The zero-order valence-electron chi connectivity index (χ0n) is 12.8. The molecule has 0 saturated heterocycles. The first kappa shape index (κ1) is 16.0. The lowest BCUT2D eigenvalue weighted by atomic mass is 9.94. The van der Waals surface area contributed by atoms with Crippen molar-refractivity contribution in [2.45, 2.75) is 33.2 Å². The van der Waals surface area contributed by atoms with Crippen molar-refractivity contribution in [3.05, 3.63) is 29.3 Å². The second-order valence-electron chi connectivity index (χ2n) is 5.15. The average molecular weight is 265 g/mol. The van der Waals surface area contributed by atoms with Gasteiger partial charge in [-0.05, 0) is 31.9 Å². The molecular weight excluding hydrogens is 238 g/mol. The molecule has 0 aliphatic carbocycles. The first-order chi connectivity index (χ1) is 9.12. The molecule has 2 unspecified atom stereocenters. The fourth-order valence-electron chi connectivity index (χ4n) is 2.45. The molecule has 0 aliphatic rings. The van der Waals surface area contributed by atoms with Crippen LogP contribution in [0.15, 0.2) is 18.2 Å². The summed E-state index contributed by atoms with van der Waals surface area (Å²) in [6, 6.07) is 6.66. The van der Waals surface area contributed by atoms with Crippen molar-refractivity contribution in [1.29, 1.82) is 0 Å². The molecule has 0 spiro atoms. The Labute approximate surface area is 117 Å². The molecule has 19 heavy (non-hydrogen) atoms. The minimum Gasteiger partial charge on any atom is -0.496 e. The van der Waals surface area contributed by atoms with Crippen LogP contribution in [0.2, 0.25) is 0 Å². The summed E-state index contributed by atoms with van der Waals surface area (Å²) < 4.78 is 10.7. The van der Waals surface area contributed by atoms with E-state index in [1.54, 1.807) is 14.2 Å². The van der Waals surface area contributed by atoms with Gasteiger partial charge in [0.1, 0.15) is 5.75 Å². The largest absolute Gasteiger partial charge is 0.496 e. The fraction of sp³-hybridized carbons (Fsp3) is 0.625. The topological polar surface area (TPSA) is 30.5 Å². The third kappa shape index (κ3) is 4.84. The van der Waals surface area contributed by atoms with E-state index >= 15 is 0 Å². The molecular formula is C16H27NO2. The number of aryl methyl sites for hydroxylation is 1. The molecule has 108 valence electrons. The van der Waals surface area contributed by atoms with Gasteiger partial charge in [-0.15, -0.1) is 0 Å². The third-order valence-electron chi connectivity index (χ3n) is 3.30. The van der Waals surface area contributed by atoms with Crippen LogP contribution in [0.5, 0.6) is 5.75 Å². The van der Waals surface area contributed by atoms with Gasteiger partial charge in [0.15, 0.2) is 0 Å². The Hall–Kier alpha value is -1.06. The number of rotatable bonds is 8. The summed E-state index contributed by atoms with van der Waals surface area (Å²) in [5, 5.41) is 3.55. The van der Waals surface area contributed by atoms with E-state index in [9.17, 15) is 0 Å². The highest BCUT2D eigenvalue weighted by Gasteiger charge is 2.18. The Morgan fingerprint density at radius 2 is 2.00 bits per heavy atom.